The highest BCUT2D eigenvalue weighted by atomic mass is 32.1. The van der Waals surface area contributed by atoms with Crippen molar-refractivity contribution in [2.24, 2.45) is 5.10 Å². The lowest BCUT2D eigenvalue weighted by molar-refractivity contribution is 0.376. The first-order valence-electron chi connectivity index (χ1n) is 6.78. The first-order valence-corrected chi connectivity index (χ1v) is 8.53. The number of hydrogen-bond acceptors (Lipinski definition) is 6. The maximum Gasteiger partial charge on any atom is 0.203 e. The fourth-order valence-electron chi connectivity index (χ4n) is 1.74. The zero-order valence-electron chi connectivity index (χ0n) is 12.0. The number of nitrogens with one attached hydrogen (secondary N) is 1. The van der Waals surface area contributed by atoms with Crippen LogP contribution in [-0.2, 0) is 0 Å². The predicted molar refractivity (Wildman–Crippen MR) is 94.1 cm³/mol. The average molecular weight is 329 g/mol. The van der Waals surface area contributed by atoms with Crippen molar-refractivity contribution in [3.8, 4) is 16.3 Å². The van der Waals surface area contributed by atoms with Crippen LogP contribution in [0.3, 0.4) is 0 Å². The number of hydrogen-bond donors (Lipinski definition) is 1. The van der Waals surface area contributed by atoms with E-state index in [1.165, 1.54) is 0 Å². The number of nitrogens with zero attached hydrogens (tertiary/aromatic N) is 2. The van der Waals surface area contributed by atoms with Crippen LogP contribution < -0.4 is 10.2 Å². The van der Waals surface area contributed by atoms with Crippen LogP contribution in [0.15, 0.2) is 58.3 Å². The molecule has 0 spiro atoms. The fourth-order valence-corrected chi connectivity index (χ4v) is 3.16. The summed E-state index contributed by atoms with van der Waals surface area (Å²) < 4.78 is 5.63. The number of ether oxygens (including phenoxy) is 1. The standard InChI is InChI=1S/C16H15N3OS2/c1-12(10-20-13-6-3-2-4-7-13)18-19-16-17-14(11-22-16)15-8-5-9-21-15/h2-9,11H,10H2,1H3,(H,17,19)/b18-12+. The maximum atomic E-state index is 5.63. The van der Waals surface area contributed by atoms with Crippen LogP contribution in [0.1, 0.15) is 6.92 Å². The molecule has 0 unspecified atom stereocenters. The Balaban J connectivity index is 1.55. The molecule has 4 nitrogen and oxygen atoms in total. The summed E-state index contributed by atoms with van der Waals surface area (Å²) in [5.74, 6) is 0.839. The molecule has 3 aromatic rings. The lowest BCUT2D eigenvalue weighted by Gasteiger charge is -2.05. The molecule has 112 valence electrons. The van der Waals surface area contributed by atoms with E-state index < -0.39 is 0 Å². The smallest absolute Gasteiger partial charge is 0.203 e. The van der Waals surface area contributed by atoms with E-state index >= 15 is 0 Å². The summed E-state index contributed by atoms with van der Waals surface area (Å²) in [7, 11) is 0. The minimum absolute atomic E-state index is 0.445. The van der Waals surface area contributed by atoms with E-state index in [0.29, 0.717) is 6.61 Å². The summed E-state index contributed by atoms with van der Waals surface area (Å²) in [4.78, 5) is 5.68. The van der Waals surface area contributed by atoms with Crippen LogP contribution in [-0.4, -0.2) is 17.3 Å². The third-order valence-corrected chi connectivity index (χ3v) is 4.45. The third-order valence-electron chi connectivity index (χ3n) is 2.81. The second-order valence-electron chi connectivity index (χ2n) is 4.58. The Morgan fingerprint density at radius 2 is 2.05 bits per heavy atom. The van der Waals surface area contributed by atoms with Gasteiger partial charge in [0.1, 0.15) is 12.4 Å². The molecule has 1 N–H and O–H groups in total. The molecule has 0 bridgehead atoms. The van der Waals surface area contributed by atoms with Crippen molar-refractivity contribution < 1.29 is 4.74 Å². The molecule has 0 saturated carbocycles. The summed E-state index contributed by atoms with van der Waals surface area (Å²) >= 11 is 3.22. The molecular weight excluding hydrogens is 314 g/mol. The molecule has 2 aromatic heterocycles. The lowest BCUT2D eigenvalue weighted by atomic mass is 10.3. The van der Waals surface area contributed by atoms with Crippen molar-refractivity contribution >= 4 is 33.5 Å². The molecular formula is C16H15N3OS2. The number of thiazole rings is 1. The molecule has 0 saturated heterocycles. The third kappa shape index (κ3) is 3.93. The van der Waals surface area contributed by atoms with E-state index in [2.05, 4.69) is 21.6 Å². The Kier molecular flexibility index (Phi) is 4.82. The summed E-state index contributed by atoms with van der Waals surface area (Å²) in [6, 6.07) is 13.8. The van der Waals surface area contributed by atoms with E-state index in [1.54, 1.807) is 22.7 Å². The number of benzene rings is 1. The summed E-state index contributed by atoms with van der Waals surface area (Å²) in [5, 5.41) is 9.15. The van der Waals surface area contributed by atoms with E-state index in [1.807, 2.05) is 54.1 Å². The van der Waals surface area contributed by atoms with Gasteiger partial charge >= 0.3 is 0 Å². The molecule has 2 heterocycles. The van der Waals surface area contributed by atoms with Crippen LogP contribution in [0, 0.1) is 0 Å². The van der Waals surface area contributed by atoms with Gasteiger partial charge in [0.05, 0.1) is 16.3 Å². The lowest BCUT2D eigenvalue weighted by Crippen LogP contribution is -2.09. The molecule has 0 aliphatic heterocycles. The van der Waals surface area contributed by atoms with Crippen LogP contribution in [0.2, 0.25) is 0 Å². The molecule has 0 aliphatic carbocycles. The van der Waals surface area contributed by atoms with Gasteiger partial charge in [-0.1, -0.05) is 24.3 Å². The Hall–Kier alpha value is -2.18. The topological polar surface area (TPSA) is 46.5 Å². The molecule has 0 aliphatic rings. The highest BCUT2D eigenvalue weighted by Crippen LogP contribution is 2.28. The van der Waals surface area contributed by atoms with Crippen LogP contribution in [0.5, 0.6) is 5.75 Å². The minimum atomic E-state index is 0.445. The van der Waals surface area contributed by atoms with Crippen molar-refractivity contribution in [3.05, 3.63) is 53.2 Å². The van der Waals surface area contributed by atoms with Crippen molar-refractivity contribution in [3.63, 3.8) is 0 Å². The molecule has 0 radical (unpaired) electrons. The second kappa shape index (κ2) is 7.20. The quantitative estimate of drug-likeness (QED) is 0.525. The molecule has 0 amide bonds. The minimum Gasteiger partial charge on any atom is -0.488 e. The van der Waals surface area contributed by atoms with Gasteiger partial charge in [-0.25, -0.2) is 4.98 Å². The Bertz CT molecular complexity index is 736. The van der Waals surface area contributed by atoms with E-state index in [9.17, 15) is 0 Å². The van der Waals surface area contributed by atoms with Gasteiger partial charge in [0, 0.05) is 5.38 Å². The van der Waals surface area contributed by atoms with Crippen molar-refractivity contribution in [1.82, 2.24) is 4.98 Å². The van der Waals surface area contributed by atoms with Gasteiger partial charge in [0.2, 0.25) is 5.13 Å². The van der Waals surface area contributed by atoms with Gasteiger partial charge in [0.25, 0.3) is 0 Å². The van der Waals surface area contributed by atoms with Crippen LogP contribution >= 0.6 is 22.7 Å². The van der Waals surface area contributed by atoms with Gasteiger partial charge in [-0.05, 0) is 30.5 Å². The normalized spacial score (nSPS) is 11.4. The zero-order chi connectivity index (χ0) is 15.2. The summed E-state index contributed by atoms with van der Waals surface area (Å²) in [6.45, 7) is 2.36. The fraction of sp³-hybridized carbons (Fsp3) is 0.125. The summed E-state index contributed by atoms with van der Waals surface area (Å²) in [5.41, 5.74) is 4.82. The molecule has 0 atom stereocenters. The van der Waals surface area contributed by atoms with Crippen LogP contribution in [0.25, 0.3) is 10.6 Å². The van der Waals surface area contributed by atoms with E-state index in [4.69, 9.17) is 4.74 Å². The van der Waals surface area contributed by atoms with Gasteiger partial charge in [0.15, 0.2) is 0 Å². The van der Waals surface area contributed by atoms with E-state index in [-0.39, 0.29) is 0 Å². The number of thiophene rings is 1. The van der Waals surface area contributed by atoms with Crippen LogP contribution in [0.4, 0.5) is 5.13 Å². The van der Waals surface area contributed by atoms with Crippen molar-refractivity contribution in [2.75, 3.05) is 12.0 Å². The van der Waals surface area contributed by atoms with Crippen molar-refractivity contribution in [2.45, 2.75) is 6.92 Å². The number of para-hydroxylation sites is 1. The monoisotopic (exact) mass is 329 g/mol. The Morgan fingerprint density at radius 3 is 2.82 bits per heavy atom. The number of hydrazone groups is 1. The summed E-state index contributed by atoms with van der Waals surface area (Å²) in [6.07, 6.45) is 0. The average Bonchev–Trinajstić information content (AvgIpc) is 3.22. The first kappa shape index (κ1) is 14.7. The van der Waals surface area contributed by atoms with E-state index in [0.717, 1.165) is 27.2 Å². The highest BCUT2D eigenvalue weighted by molar-refractivity contribution is 7.15. The Labute approximate surface area is 137 Å². The maximum absolute atomic E-state index is 5.63. The first-order chi connectivity index (χ1) is 10.8. The van der Waals surface area contributed by atoms with Gasteiger partial charge in [-0.3, -0.25) is 5.43 Å². The number of aromatic nitrogens is 1. The van der Waals surface area contributed by atoms with Gasteiger partial charge in [-0.2, -0.15) is 5.10 Å². The second-order valence-corrected chi connectivity index (χ2v) is 6.38. The highest BCUT2D eigenvalue weighted by Gasteiger charge is 2.04. The largest absolute Gasteiger partial charge is 0.488 e. The molecule has 3 rings (SSSR count). The predicted octanol–water partition coefficient (Wildman–Crippen LogP) is 4.74. The number of anilines is 1. The van der Waals surface area contributed by atoms with Crippen molar-refractivity contribution in [1.29, 1.82) is 0 Å². The SMILES string of the molecule is C/C(COc1ccccc1)=N\Nc1nc(-c2cccs2)cs1. The molecule has 1 aromatic carbocycles. The molecule has 0 fully saturated rings. The Morgan fingerprint density at radius 1 is 1.18 bits per heavy atom. The molecule has 6 heteroatoms. The molecule has 22 heavy (non-hydrogen) atoms. The zero-order valence-corrected chi connectivity index (χ0v) is 13.7. The van der Waals surface area contributed by atoms with Gasteiger partial charge in [-0.15, -0.1) is 22.7 Å². The van der Waals surface area contributed by atoms with Gasteiger partial charge < -0.3 is 4.74 Å². The number of rotatable bonds is 6.